The van der Waals surface area contributed by atoms with Crippen LogP contribution in [0.1, 0.15) is 52.1 Å². The van der Waals surface area contributed by atoms with Crippen molar-refractivity contribution in [2.75, 3.05) is 19.8 Å². The normalized spacial score (nSPS) is 19.2. The van der Waals surface area contributed by atoms with E-state index >= 15 is 0 Å². The van der Waals surface area contributed by atoms with Crippen molar-refractivity contribution in [3.63, 3.8) is 0 Å². The Kier molecular flexibility index (Phi) is 8.91. The fourth-order valence-electron chi connectivity index (χ4n) is 4.26. The molecule has 0 atom stereocenters. The summed E-state index contributed by atoms with van der Waals surface area (Å²) in [5, 5.41) is 14.5. The van der Waals surface area contributed by atoms with Crippen molar-refractivity contribution in [3.05, 3.63) is 40.5 Å². The maximum absolute atomic E-state index is 11.8. The molecule has 0 saturated heterocycles. The van der Waals surface area contributed by atoms with Gasteiger partial charge in [-0.2, -0.15) is 5.10 Å². The average molecular weight is 507 g/mol. The monoisotopic (exact) mass is 506 g/mol. The molecule has 1 aromatic carbocycles. The van der Waals surface area contributed by atoms with Crippen LogP contribution >= 0.6 is 15.9 Å². The van der Waals surface area contributed by atoms with Gasteiger partial charge in [-0.05, 0) is 74.2 Å². The van der Waals surface area contributed by atoms with Crippen LogP contribution in [-0.4, -0.2) is 46.3 Å². The number of carbonyl (C=O) groups excluding carboxylic acids is 1. The van der Waals surface area contributed by atoms with Crippen molar-refractivity contribution in [2.24, 2.45) is 11.8 Å². The zero-order chi connectivity index (χ0) is 23.1. The third kappa shape index (κ3) is 7.15. The number of rotatable bonds is 9. The van der Waals surface area contributed by atoms with Crippen LogP contribution < -0.4 is 0 Å². The van der Waals surface area contributed by atoms with Gasteiger partial charge in [0.2, 0.25) is 0 Å². The van der Waals surface area contributed by atoms with E-state index in [0.29, 0.717) is 24.9 Å². The summed E-state index contributed by atoms with van der Waals surface area (Å²) in [4.78, 5) is 11.8. The Hall–Kier alpha value is -1.70. The van der Waals surface area contributed by atoms with E-state index in [-0.39, 0.29) is 19.2 Å². The molecule has 3 rings (SSSR count). The summed E-state index contributed by atoms with van der Waals surface area (Å²) < 4.78 is 14.0. The molecule has 1 heterocycles. The first-order chi connectivity index (χ1) is 15.3. The van der Waals surface area contributed by atoms with Crippen molar-refractivity contribution in [3.8, 4) is 11.3 Å². The van der Waals surface area contributed by atoms with E-state index in [0.717, 1.165) is 53.7 Å². The van der Waals surface area contributed by atoms with Gasteiger partial charge in [-0.3, -0.25) is 4.68 Å². The molecule has 1 aliphatic carbocycles. The van der Waals surface area contributed by atoms with Gasteiger partial charge in [0.05, 0.1) is 16.8 Å². The molecule has 0 aliphatic heterocycles. The second kappa shape index (κ2) is 11.4. The van der Waals surface area contributed by atoms with E-state index < -0.39 is 5.60 Å². The minimum absolute atomic E-state index is 0.0191. The third-order valence-electron chi connectivity index (χ3n) is 5.78. The molecular formula is C25H35BrN2O4. The lowest BCUT2D eigenvalue weighted by atomic mass is 9.82. The Morgan fingerprint density at radius 2 is 1.81 bits per heavy atom. The van der Waals surface area contributed by atoms with Crippen molar-refractivity contribution in [1.29, 1.82) is 0 Å². The van der Waals surface area contributed by atoms with Gasteiger partial charge in [-0.25, -0.2) is 4.79 Å². The van der Waals surface area contributed by atoms with Gasteiger partial charge in [0.1, 0.15) is 17.9 Å². The fraction of sp³-hybridized carbons (Fsp3) is 0.600. The van der Waals surface area contributed by atoms with Crippen LogP contribution in [0.5, 0.6) is 0 Å². The molecule has 1 aromatic heterocycles. The molecule has 32 heavy (non-hydrogen) atoms. The van der Waals surface area contributed by atoms with E-state index in [1.54, 1.807) is 0 Å². The predicted molar refractivity (Wildman–Crippen MR) is 128 cm³/mol. The Balaban J connectivity index is 1.52. The quantitative estimate of drug-likeness (QED) is 0.483. The van der Waals surface area contributed by atoms with E-state index in [2.05, 4.69) is 32.7 Å². The van der Waals surface area contributed by atoms with E-state index in [1.807, 2.05) is 39.0 Å². The molecule has 1 fully saturated rings. The van der Waals surface area contributed by atoms with Gasteiger partial charge in [-0.15, -0.1) is 0 Å². The zero-order valence-corrected chi connectivity index (χ0v) is 20.9. The highest BCUT2D eigenvalue weighted by Crippen LogP contribution is 2.34. The molecule has 1 saturated carbocycles. The van der Waals surface area contributed by atoms with E-state index in [1.165, 1.54) is 0 Å². The first kappa shape index (κ1) is 24.9. The standard InChI is InChI=1S/C25H35BrN2O4/c1-25(2,3)32-22(30)17-31-16-19-11-9-18(10-12-19)15-28-21(13-14-29)23(26)24(27-28)20-7-5-4-6-8-20/h4-8,18-19,29H,9-17H2,1-3H3. The van der Waals surface area contributed by atoms with Gasteiger partial charge in [-0.1, -0.05) is 30.3 Å². The molecule has 1 N–H and O–H groups in total. The first-order valence-corrected chi connectivity index (χ1v) is 12.3. The van der Waals surface area contributed by atoms with Crippen molar-refractivity contribution in [1.82, 2.24) is 9.78 Å². The number of aliphatic hydroxyl groups excluding tert-OH is 1. The highest BCUT2D eigenvalue weighted by molar-refractivity contribution is 9.10. The molecule has 6 nitrogen and oxygen atoms in total. The Labute approximate surface area is 199 Å². The van der Waals surface area contributed by atoms with Crippen molar-refractivity contribution >= 4 is 21.9 Å². The first-order valence-electron chi connectivity index (χ1n) is 11.5. The van der Waals surface area contributed by atoms with Crippen LogP contribution in [0.15, 0.2) is 34.8 Å². The largest absolute Gasteiger partial charge is 0.458 e. The number of hydrogen-bond donors (Lipinski definition) is 1. The number of carbonyl (C=O) groups is 1. The number of halogens is 1. The van der Waals surface area contributed by atoms with Crippen LogP contribution in [0.25, 0.3) is 11.3 Å². The van der Waals surface area contributed by atoms with Gasteiger partial charge in [0.15, 0.2) is 0 Å². The molecule has 0 radical (unpaired) electrons. The summed E-state index contributed by atoms with van der Waals surface area (Å²) >= 11 is 3.72. The van der Waals surface area contributed by atoms with Crippen LogP contribution in [0.2, 0.25) is 0 Å². The minimum Gasteiger partial charge on any atom is -0.458 e. The summed E-state index contributed by atoms with van der Waals surface area (Å²) in [6.07, 6.45) is 4.97. The zero-order valence-electron chi connectivity index (χ0n) is 19.3. The Morgan fingerprint density at radius 3 is 2.44 bits per heavy atom. The summed E-state index contributed by atoms with van der Waals surface area (Å²) in [6, 6.07) is 10.1. The lowest BCUT2D eigenvalue weighted by molar-refractivity contribution is -0.160. The molecule has 176 valence electrons. The minimum atomic E-state index is -0.477. The lowest BCUT2D eigenvalue weighted by Crippen LogP contribution is -2.28. The maximum atomic E-state index is 11.8. The molecule has 0 spiro atoms. The third-order valence-corrected chi connectivity index (χ3v) is 6.61. The summed E-state index contributed by atoms with van der Waals surface area (Å²) in [5.74, 6) is 0.723. The second-order valence-electron chi connectivity index (χ2n) is 9.62. The Bertz CT molecular complexity index is 868. The number of hydrogen-bond acceptors (Lipinski definition) is 5. The van der Waals surface area contributed by atoms with Crippen LogP contribution in [0.3, 0.4) is 0 Å². The smallest absolute Gasteiger partial charge is 0.332 e. The fourth-order valence-corrected chi connectivity index (χ4v) is 4.97. The van der Waals surface area contributed by atoms with E-state index in [9.17, 15) is 9.90 Å². The van der Waals surface area contributed by atoms with Crippen molar-refractivity contribution < 1.29 is 19.4 Å². The topological polar surface area (TPSA) is 73.6 Å². The number of aliphatic hydroxyl groups is 1. The number of benzene rings is 1. The maximum Gasteiger partial charge on any atom is 0.332 e. The molecular weight excluding hydrogens is 472 g/mol. The lowest BCUT2D eigenvalue weighted by Gasteiger charge is -2.28. The summed E-state index contributed by atoms with van der Waals surface area (Å²) in [5.41, 5.74) is 2.57. The molecule has 0 unspecified atom stereocenters. The van der Waals surface area contributed by atoms with Gasteiger partial charge >= 0.3 is 5.97 Å². The highest BCUT2D eigenvalue weighted by atomic mass is 79.9. The predicted octanol–water partition coefficient (Wildman–Crippen LogP) is 5.01. The highest BCUT2D eigenvalue weighted by Gasteiger charge is 2.25. The van der Waals surface area contributed by atoms with Crippen LogP contribution in [0.4, 0.5) is 0 Å². The van der Waals surface area contributed by atoms with Crippen LogP contribution in [-0.2, 0) is 27.2 Å². The SMILES string of the molecule is CC(C)(C)OC(=O)COCC1CCC(Cn2nc(-c3ccccc3)c(Br)c2CCO)CC1. The summed E-state index contributed by atoms with van der Waals surface area (Å²) in [7, 11) is 0. The number of nitrogens with zero attached hydrogens (tertiary/aromatic N) is 2. The average Bonchev–Trinajstić information content (AvgIpc) is 3.04. The molecule has 0 amide bonds. The van der Waals surface area contributed by atoms with Gasteiger partial charge in [0.25, 0.3) is 0 Å². The molecule has 1 aliphatic rings. The van der Waals surface area contributed by atoms with Crippen molar-refractivity contribution in [2.45, 2.75) is 65.0 Å². The Morgan fingerprint density at radius 1 is 1.16 bits per heavy atom. The number of esters is 1. The van der Waals surface area contributed by atoms with Gasteiger partial charge < -0.3 is 14.6 Å². The summed E-state index contributed by atoms with van der Waals surface area (Å²) in [6.45, 7) is 7.16. The molecule has 7 heteroatoms. The van der Waals surface area contributed by atoms with Crippen LogP contribution in [0, 0.1) is 11.8 Å². The molecule has 2 aromatic rings. The molecule has 0 bridgehead atoms. The second-order valence-corrected chi connectivity index (χ2v) is 10.4. The van der Waals surface area contributed by atoms with E-state index in [4.69, 9.17) is 14.6 Å². The number of aromatic nitrogens is 2. The number of ether oxygens (including phenoxy) is 2. The van der Waals surface area contributed by atoms with Gasteiger partial charge in [0, 0.05) is 25.1 Å².